The second-order valence-electron chi connectivity index (χ2n) is 12.2. The Balaban J connectivity index is 1.13. The highest BCUT2D eigenvalue weighted by Crippen LogP contribution is 2.69. The van der Waals surface area contributed by atoms with Gasteiger partial charge in [0, 0.05) is 24.6 Å². The highest BCUT2D eigenvalue weighted by molar-refractivity contribution is 5.98. The first kappa shape index (κ1) is 20.6. The van der Waals surface area contributed by atoms with Crippen molar-refractivity contribution in [1.29, 1.82) is 0 Å². The molecule has 4 saturated carbocycles. The summed E-state index contributed by atoms with van der Waals surface area (Å²) in [4.78, 5) is 29.1. The number of nitrogens with zero attached hydrogens (tertiary/aromatic N) is 1. The molecule has 2 atom stereocenters. The van der Waals surface area contributed by atoms with Gasteiger partial charge in [-0.05, 0) is 86.3 Å². The Hall–Kier alpha value is -2.04. The number of benzene rings is 1. The smallest absolute Gasteiger partial charge is 0.228 e. The molecule has 172 valence electrons. The Labute approximate surface area is 190 Å². The molecule has 0 spiro atoms. The fourth-order valence-corrected chi connectivity index (χ4v) is 8.80. The number of carbonyl (C=O) groups excluding carboxylic acids is 2. The predicted molar refractivity (Wildman–Crippen MR) is 121 cm³/mol. The SMILES string of the molecule is CC12CC3CC(C)(C1)CC(C(=O)N1CCC(C(=O)c4ccc5c(c4)OCCO5)CC1)(C3)C2. The van der Waals surface area contributed by atoms with E-state index >= 15 is 0 Å². The third-order valence-corrected chi connectivity index (χ3v) is 9.06. The Bertz CT molecular complexity index is 944. The molecule has 2 heterocycles. The van der Waals surface area contributed by atoms with Gasteiger partial charge in [-0.15, -0.1) is 0 Å². The number of carbonyl (C=O) groups is 2. The zero-order chi connectivity index (χ0) is 22.1. The van der Waals surface area contributed by atoms with Crippen LogP contribution in [0.2, 0.25) is 0 Å². The lowest BCUT2D eigenvalue weighted by molar-refractivity contribution is -0.180. The Morgan fingerprint density at radius 1 is 0.906 bits per heavy atom. The van der Waals surface area contributed by atoms with E-state index in [1.807, 2.05) is 18.2 Å². The van der Waals surface area contributed by atoms with Gasteiger partial charge in [0.15, 0.2) is 17.3 Å². The number of Topliss-reactive ketones (excluding diaryl/α,β-unsaturated/α-hetero) is 1. The van der Waals surface area contributed by atoms with E-state index in [2.05, 4.69) is 18.7 Å². The Kier molecular flexibility index (Phi) is 4.48. The van der Waals surface area contributed by atoms with Gasteiger partial charge < -0.3 is 14.4 Å². The van der Waals surface area contributed by atoms with Gasteiger partial charge in [-0.25, -0.2) is 0 Å². The number of hydrogen-bond acceptors (Lipinski definition) is 4. The maximum Gasteiger partial charge on any atom is 0.228 e. The molecule has 6 aliphatic rings. The van der Waals surface area contributed by atoms with Gasteiger partial charge in [-0.2, -0.15) is 0 Å². The van der Waals surface area contributed by atoms with E-state index in [4.69, 9.17) is 9.47 Å². The monoisotopic (exact) mass is 437 g/mol. The van der Waals surface area contributed by atoms with E-state index in [1.54, 1.807) is 0 Å². The van der Waals surface area contributed by atoms with Crippen LogP contribution in [0.3, 0.4) is 0 Å². The van der Waals surface area contributed by atoms with Crippen molar-refractivity contribution in [2.24, 2.45) is 28.1 Å². The first-order valence-corrected chi connectivity index (χ1v) is 12.5. The van der Waals surface area contributed by atoms with E-state index in [0.29, 0.717) is 60.1 Å². The number of hydrogen-bond donors (Lipinski definition) is 0. The molecule has 0 radical (unpaired) electrons. The summed E-state index contributed by atoms with van der Waals surface area (Å²) in [6, 6.07) is 5.52. The van der Waals surface area contributed by atoms with Crippen LogP contribution in [0.5, 0.6) is 11.5 Å². The average molecular weight is 438 g/mol. The summed E-state index contributed by atoms with van der Waals surface area (Å²) in [5, 5.41) is 0. The van der Waals surface area contributed by atoms with Crippen molar-refractivity contribution >= 4 is 11.7 Å². The second kappa shape index (κ2) is 6.98. The fraction of sp³-hybridized carbons (Fsp3) is 0.704. The van der Waals surface area contributed by atoms with Crippen LogP contribution in [0.4, 0.5) is 0 Å². The van der Waals surface area contributed by atoms with Gasteiger partial charge >= 0.3 is 0 Å². The van der Waals surface area contributed by atoms with Crippen molar-refractivity contribution in [2.45, 2.75) is 65.2 Å². The molecular weight excluding hydrogens is 402 g/mol. The summed E-state index contributed by atoms with van der Waals surface area (Å²) in [7, 11) is 0. The third kappa shape index (κ3) is 3.26. The number of fused-ring (bicyclic) bond motifs is 1. The summed E-state index contributed by atoms with van der Waals surface area (Å²) in [5.74, 6) is 2.64. The standard InChI is InChI=1S/C27H35NO4/c1-25-12-18-13-26(2,15-25)17-27(14-18,16-25)24(30)28-7-5-19(6-8-28)23(29)20-3-4-21-22(11-20)32-10-9-31-21/h3-4,11,18-19H,5-10,12-17H2,1-2H3. The molecule has 2 aliphatic heterocycles. The van der Waals surface area contributed by atoms with Crippen LogP contribution in [-0.4, -0.2) is 42.9 Å². The molecule has 0 N–H and O–H groups in total. The van der Waals surface area contributed by atoms with Crippen molar-refractivity contribution in [3.8, 4) is 11.5 Å². The lowest BCUT2D eigenvalue weighted by Gasteiger charge is -2.65. The summed E-state index contributed by atoms with van der Waals surface area (Å²) < 4.78 is 11.2. The van der Waals surface area contributed by atoms with Gasteiger partial charge in [0.1, 0.15) is 13.2 Å². The van der Waals surface area contributed by atoms with Crippen LogP contribution >= 0.6 is 0 Å². The number of rotatable bonds is 3. The summed E-state index contributed by atoms with van der Waals surface area (Å²) in [6.07, 6.45) is 8.65. The molecule has 2 unspecified atom stereocenters. The average Bonchev–Trinajstić information content (AvgIpc) is 2.75. The highest BCUT2D eigenvalue weighted by atomic mass is 16.6. The predicted octanol–water partition coefficient (Wildman–Crippen LogP) is 4.88. The molecule has 5 fully saturated rings. The molecule has 4 aliphatic carbocycles. The molecule has 5 heteroatoms. The molecule has 0 aromatic heterocycles. The van der Waals surface area contributed by atoms with Gasteiger partial charge in [0.05, 0.1) is 5.41 Å². The number of ketones is 1. The Morgan fingerprint density at radius 2 is 1.56 bits per heavy atom. The first-order valence-electron chi connectivity index (χ1n) is 12.5. The third-order valence-electron chi connectivity index (χ3n) is 9.06. The van der Waals surface area contributed by atoms with E-state index in [1.165, 1.54) is 19.3 Å². The van der Waals surface area contributed by atoms with Crippen molar-refractivity contribution < 1.29 is 19.1 Å². The van der Waals surface area contributed by atoms with Gasteiger partial charge in [0.25, 0.3) is 0 Å². The van der Waals surface area contributed by atoms with Gasteiger partial charge in [-0.1, -0.05) is 13.8 Å². The maximum atomic E-state index is 13.9. The molecule has 32 heavy (non-hydrogen) atoms. The minimum Gasteiger partial charge on any atom is -0.486 e. The topological polar surface area (TPSA) is 55.8 Å². The maximum absolute atomic E-state index is 13.9. The van der Waals surface area contributed by atoms with Crippen molar-refractivity contribution in [3.05, 3.63) is 23.8 Å². The molecule has 1 amide bonds. The fourth-order valence-electron chi connectivity index (χ4n) is 8.80. The number of ether oxygens (including phenoxy) is 2. The minimum atomic E-state index is -0.143. The molecular formula is C27H35NO4. The van der Waals surface area contributed by atoms with E-state index in [-0.39, 0.29) is 17.1 Å². The van der Waals surface area contributed by atoms with Crippen LogP contribution in [-0.2, 0) is 4.79 Å². The molecule has 4 bridgehead atoms. The van der Waals surface area contributed by atoms with Crippen molar-refractivity contribution in [1.82, 2.24) is 4.90 Å². The largest absolute Gasteiger partial charge is 0.486 e. The van der Waals surface area contributed by atoms with E-state index in [9.17, 15) is 9.59 Å². The molecule has 1 saturated heterocycles. The lowest BCUT2D eigenvalue weighted by Crippen LogP contribution is -2.61. The van der Waals surface area contributed by atoms with Crippen LogP contribution in [0.15, 0.2) is 18.2 Å². The van der Waals surface area contributed by atoms with E-state index in [0.717, 1.165) is 38.0 Å². The summed E-state index contributed by atoms with van der Waals surface area (Å²) in [5.41, 5.74) is 1.24. The molecule has 1 aromatic rings. The molecule has 7 rings (SSSR count). The normalized spacial score (nSPS) is 38.1. The highest BCUT2D eigenvalue weighted by Gasteiger charge is 2.63. The quantitative estimate of drug-likeness (QED) is 0.633. The van der Waals surface area contributed by atoms with Gasteiger partial charge in [-0.3, -0.25) is 9.59 Å². The number of likely N-dealkylation sites (tertiary alicyclic amines) is 1. The summed E-state index contributed by atoms with van der Waals surface area (Å²) in [6.45, 7) is 7.34. The van der Waals surface area contributed by atoms with E-state index < -0.39 is 0 Å². The van der Waals surface area contributed by atoms with Gasteiger partial charge in [0.2, 0.25) is 5.91 Å². The second-order valence-corrected chi connectivity index (χ2v) is 12.2. The van der Waals surface area contributed by atoms with Crippen LogP contribution in [0.1, 0.15) is 75.6 Å². The number of amides is 1. The number of piperidine rings is 1. The van der Waals surface area contributed by atoms with Crippen LogP contribution < -0.4 is 9.47 Å². The lowest BCUT2D eigenvalue weighted by atomic mass is 9.40. The van der Waals surface area contributed by atoms with Crippen molar-refractivity contribution in [3.63, 3.8) is 0 Å². The first-order chi connectivity index (χ1) is 15.3. The zero-order valence-corrected chi connectivity index (χ0v) is 19.5. The molecule has 5 nitrogen and oxygen atoms in total. The van der Waals surface area contributed by atoms with Crippen LogP contribution in [0.25, 0.3) is 0 Å². The Morgan fingerprint density at radius 3 is 2.22 bits per heavy atom. The molecule has 1 aromatic carbocycles. The summed E-state index contributed by atoms with van der Waals surface area (Å²) >= 11 is 0. The minimum absolute atomic E-state index is 0.0204. The van der Waals surface area contributed by atoms with Crippen molar-refractivity contribution in [2.75, 3.05) is 26.3 Å². The van der Waals surface area contributed by atoms with Crippen LogP contribution in [0, 0.1) is 28.1 Å². The zero-order valence-electron chi connectivity index (χ0n) is 19.5.